The first-order valence-electron chi connectivity index (χ1n) is 7.44. The number of hydrogen-bond acceptors (Lipinski definition) is 2. The standard InChI is InChI=1S/C18H22ClN3O/c1-13-8-15(10-17(9-13)23-3)12-22-18(20-2)21-11-14-4-6-16(19)7-5-14/h4-10H,11-12H2,1-3H3,(H2,20,21,22). The van der Waals surface area contributed by atoms with Gasteiger partial charge in [0.25, 0.3) is 0 Å². The summed E-state index contributed by atoms with van der Waals surface area (Å²) in [5, 5.41) is 7.33. The van der Waals surface area contributed by atoms with Crippen molar-refractivity contribution in [3.63, 3.8) is 0 Å². The van der Waals surface area contributed by atoms with Gasteiger partial charge < -0.3 is 15.4 Å². The Morgan fingerprint density at radius 2 is 1.70 bits per heavy atom. The number of halogens is 1. The van der Waals surface area contributed by atoms with E-state index in [9.17, 15) is 0 Å². The number of ether oxygens (including phenoxy) is 1. The lowest BCUT2D eigenvalue weighted by Crippen LogP contribution is -2.36. The molecule has 5 heteroatoms. The van der Waals surface area contributed by atoms with Gasteiger partial charge in [0.15, 0.2) is 5.96 Å². The van der Waals surface area contributed by atoms with Crippen molar-refractivity contribution in [2.45, 2.75) is 20.0 Å². The lowest BCUT2D eigenvalue weighted by atomic mass is 10.1. The van der Waals surface area contributed by atoms with Crippen LogP contribution in [0.2, 0.25) is 5.02 Å². The van der Waals surface area contributed by atoms with Crippen LogP contribution in [-0.2, 0) is 13.1 Å². The maximum atomic E-state index is 5.89. The highest BCUT2D eigenvalue weighted by molar-refractivity contribution is 6.30. The minimum Gasteiger partial charge on any atom is -0.497 e. The number of rotatable bonds is 5. The van der Waals surface area contributed by atoms with Crippen LogP contribution in [0.15, 0.2) is 47.5 Å². The summed E-state index contributed by atoms with van der Waals surface area (Å²) in [6.07, 6.45) is 0. The van der Waals surface area contributed by atoms with Crippen molar-refractivity contribution < 1.29 is 4.74 Å². The average Bonchev–Trinajstić information content (AvgIpc) is 2.56. The number of aryl methyl sites for hydroxylation is 1. The topological polar surface area (TPSA) is 45.7 Å². The summed E-state index contributed by atoms with van der Waals surface area (Å²) in [7, 11) is 3.44. The van der Waals surface area contributed by atoms with Crippen molar-refractivity contribution >= 4 is 17.6 Å². The molecule has 0 radical (unpaired) electrons. The molecule has 0 unspecified atom stereocenters. The molecule has 0 heterocycles. The van der Waals surface area contributed by atoms with Crippen LogP contribution in [0.5, 0.6) is 5.75 Å². The second-order valence-electron chi connectivity index (χ2n) is 5.26. The highest BCUT2D eigenvalue weighted by Gasteiger charge is 2.02. The predicted octanol–water partition coefficient (Wildman–Crippen LogP) is 3.52. The van der Waals surface area contributed by atoms with Crippen LogP contribution in [0.3, 0.4) is 0 Å². The summed E-state index contributed by atoms with van der Waals surface area (Å²) in [6.45, 7) is 3.42. The summed E-state index contributed by atoms with van der Waals surface area (Å²) in [5.41, 5.74) is 3.47. The van der Waals surface area contributed by atoms with Crippen LogP contribution in [0.25, 0.3) is 0 Å². The van der Waals surface area contributed by atoms with E-state index in [4.69, 9.17) is 16.3 Å². The molecule has 0 amide bonds. The quantitative estimate of drug-likeness (QED) is 0.651. The third kappa shape index (κ3) is 5.49. The van der Waals surface area contributed by atoms with E-state index < -0.39 is 0 Å². The van der Waals surface area contributed by atoms with Gasteiger partial charge in [0.1, 0.15) is 5.75 Å². The minimum atomic E-state index is 0.679. The molecule has 2 N–H and O–H groups in total. The number of hydrogen-bond donors (Lipinski definition) is 2. The van der Waals surface area contributed by atoms with E-state index in [1.165, 1.54) is 5.56 Å². The molecule has 4 nitrogen and oxygen atoms in total. The molecule has 2 rings (SSSR count). The van der Waals surface area contributed by atoms with Crippen LogP contribution in [-0.4, -0.2) is 20.1 Å². The number of benzene rings is 2. The third-order valence-electron chi connectivity index (χ3n) is 3.40. The predicted molar refractivity (Wildman–Crippen MR) is 96.2 cm³/mol. The van der Waals surface area contributed by atoms with Crippen molar-refractivity contribution in [2.24, 2.45) is 4.99 Å². The van der Waals surface area contributed by atoms with E-state index in [2.05, 4.69) is 28.6 Å². The highest BCUT2D eigenvalue weighted by Crippen LogP contribution is 2.16. The molecule has 0 atom stereocenters. The molecule has 0 aromatic heterocycles. The second kappa shape index (κ2) is 8.44. The molecule has 0 aliphatic carbocycles. The fourth-order valence-corrected chi connectivity index (χ4v) is 2.36. The molecule has 23 heavy (non-hydrogen) atoms. The average molecular weight is 332 g/mol. The Morgan fingerprint density at radius 3 is 2.30 bits per heavy atom. The fraction of sp³-hybridized carbons (Fsp3) is 0.278. The Hall–Kier alpha value is -2.20. The van der Waals surface area contributed by atoms with Crippen LogP contribution in [0.4, 0.5) is 0 Å². The first-order chi connectivity index (χ1) is 11.1. The van der Waals surface area contributed by atoms with E-state index in [0.717, 1.165) is 27.9 Å². The van der Waals surface area contributed by atoms with Crippen molar-refractivity contribution in [1.29, 1.82) is 0 Å². The zero-order valence-corrected chi connectivity index (χ0v) is 14.4. The van der Waals surface area contributed by atoms with Gasteiger partial charge >= 0.3 is 0 Å². The zero-order chi connectivity index (χ0) is 16.7. The molecule has 0 aliphatic heterocycles. The zero-order valence-electron chi connectivity index (χ0n) is 13.7. The van der Waals surface area contributed by atoms with Gasteiger partial charge in [-0.05, 0) is 47.9 Å². The van der Waals surface area contributed by atoms with Crippen molar-refractivity contribution in [2.75, 3.05) is 14.2 Å². The van der Waals surface area contributed by atoms with Crippen molar-refractivity contribution in [1.82, 2.24) is 10.6 Å². The lowest BCUT2D eigenvalue weighted by molar-refractivity contribution is 0.414. The van der Waals surface area contributed by atoms with Crippen LogP contribution < -0.4 is 15.4 Å². The van der Waals surface area contributed by atoms with Crippen molar-refractivity contribution in [3.8, 4) is 5.75 Å². The summed E-state index contributed by atoms with van der Waals surface area (Å²) in [5.74, 6) is 1.62. The SMILES string of the molecule is CN=C(NCc1ccc(Cl)cc1)NCc1cc(C)cc(OC)c1. The van der Waals surface area contributed by atoms with E-state index in [1.807, 2.05) is 36.4 Å². The normalized spacial score (nSPS) is 11.2. The van der Waals surface area contributed by atoms with Crippen LogP contribution >= 0.6 is 11.6 Å². The first-order valence-corrected chi connectivity index (χ1v) is 7.82. The summed E-state index contributed by atoms with van der Waals surface area (Å²) in [6, 6.07) is 13.9. The van der Waals surface area contributed by atoms with Gasteiger partial charge in [-0.2, -0.15) is 0 Å². The van der Waals surface area contributed by atoms with Gasteiger partial charge in [-0.3, -0.25) is 4.99 Å². The maximum Gasteiger partial charge on any atom is 0.191 e. The maximum absolute atomic E-state index is 5.89. The molecule has 2 aromatic rings. The highest BCUT2D eigenvalue weighted by atomic mass is 35.5. The van der Waals surface area contributed by atoms with Gasteiger partial charge in [0, 0.05) is 25.2 Å². The summed E-state index contributed by atoms with van der Waals surface area (Å²) in [4.78, 5) is 4.24. The number of methoxy groups -OCH3 is 1. The Labute approximate surface area is 142 Å². The molecule has 0 spiro atoms. The Bertz CT molecular complexity index is 668. The van der Waals surface area contributed by atoms with Gasteiger partial charge in [-0.1, -0.05) is 29.8 Å². The van der Waals surface area contributed by atoms with E-state index in [0.29, 0.717) is 13.1 Å². The van der Waals surface area contributed by atoms with Crippen molar-refractivity contribution in [3.05, 3.63) is 64.2 Å². The largest absolute Gasteiger partial charge is 0.497 e. The number of guanidine groups is 1. The third-order valence-corrected chi connectivity index (χ3v) is 3.66. The minimum absolute atomic E-state index is 0.679. The van der Waals surface area contributed by atoms with Gasteiger partial charge in [-0.15, -0.1) is 0 Å². The molecular weight excluding hydrogens is 310 g/mol. The smallest absolute Gasteiger partial charge is 0.191 e. The molecule has 2 aromatic carbocycles. The second-order valence-corrected chi connectivity index (χ2v) is 5.70. The van der Waals surface area contributed by atoms with E-state index >= 15 is 0 Å². The first kappa shape index (κ1) is 17.2. The monoisotopic (exact) mass is 331 g/mol. The Balaban J connectivity index is 1.90. The molecule has 0 saturated heterocycles. The molecule has 0 fully saturated rings. The Kier molecular flexibility index (Phi) is 6.29. The lowest BCUT2D eigenvalue weighted by Gasteiger charge is -2.13. The molecule has 0 saturated carbocycles. The van der Waals surface area contributed by atoms with E-state index in [1.54, 1.807) is 14.2 Å². The van der Waals surface area contributed by atoms with Crippen LogP contribution in [0, 0.1) is 6.92 Å². The van der Waals surface area contributed by atoms with Gasteiger partial charge in [0.2, 0.25) is 0 Å². The van der Waals surface area contributed by atoms with E-state index in [-0.39, 0.29) is 0 Å². The van der Waals surface area contributed by atoms with Gasteiger partial charge in [-0.25, -0.2) is 0 Å². The van der Waals surface area contributed by atoms with Crippen LogP contribution in [0.1, 0.15) is 16.7 Å². The van der Waals surface area contributed by atoms with Gasteiger partial charge in [0.05, 0.1) is 7.11 Å². The molecular formula is C18H22ClN3O. The molecule has 122 valence electrons. The Morgan fingerprint density at radius 1 is 1.04 bits per heavy atom. The summed E-state index contributed by atoms with van der Waals surface area (Å²) >= 11 is 5.89. The number of aliphatic imine (C=N–C) groups is 1. The number of nitrogens with one attached hydrogen (secondary N) is 2. The molecule has 0 bridgehead atoms. The number of nitrogens with zero attached hydrogens (tertiary/aromatic N) is 1. The fourth-order valence-electron chi connectivity index (χ4n) is 2.24. The summed E-state index contributed by atoms with van der Waals surface area (Å²) < 4.78 is 5.30. The molecule has 0 aliphatic rings.